The van der Waals surface area contributed by atoms with Gasteiger partial charge in [-0.1, -0.05) is 31.2 Å². The van der Waals surface area contributed by atoms with Gasteiger partial charge < -0.3 is 20.3 Å². The van der Waals surface area contributed by atoms with Gasteiger partial charge >= 0.3 is 12.1 Å². The number of carboxylic acids is 1. The Kier molecular flexibility index (Phi) is 9.75. The highest BCUT2D eigenvalue weighted by Gasteiger charge is 2.30. The summed E-state index contributed by atoms with van der Waals surface area (Å²) in [5.41, 5.74) is 4.18. The number of benzene rings is 3. The van der Waals surface area contributed by atoms with E-state index in [1.807, 2.05) is 38.1 Å². The van der Waals surface area contributed by atoms with E-state index in [1.165, 1.54) is 12.1 Å². The molecule has 3 aromatic carbocycles. The number of alkyl halides is 3. The molecule has 208 valence electrons. The van der Waals surface area contributed by atoms with Gasteiger partial charge in [0, 0.05) is 5.56 Å². The van der Waals surface area contributed by atoms with Crippen LogP contribution in [0.3, 0.4) is 0 Å². The number of aliphatic hydroxyl groups excluding tert-OH is 1. The third-order valence-corrected chi connectivity index (χ3v) is 6.42. The van der Waals surface area contributed by atoms with Crippen LogP contribution >= 0.6 is 0 Å². The highest BCUT2D eigenvalue weighted by atomic mass is 19.4. The first kappa shape index (κ1) is 29.7. The molecule has 0 saturated carbocycles. The third kappa shape index (κ3) is 8.32. The molecule has 39 heavy (non-hydrogen) atoms. The zero-order valence-corrected chi connectivity index (χ0v) is 22.0. The molecule has 0 radical (unpaired) electrons. The number of ether oxygens (including phenoxy) is 1. The normalized spacial score (nSPS) is 13.0. The largest absolute Gasteiger partial charge is 0.493 e. The number of aliphatic hydroxyl groups is 1. The molecular formula is C30H32F3NO5. The van der Waals surface area contributed by atoms with Crippen molar-refractivity contribution in [1.29, 1.82) is 0 Å². The van der Waals surface area contributed by atoms with Gasteiger partial charge in [-0.3, -0.25) is 4.79 Å². The summed E-state index contributed by atoms with van der Waals surface area (Å²) >= 11 is 0. The minimum atomic E-state index is -4.37. The third-order valence-electron chi connectivity index (χ3n) is 6.42. The van der Waals surface area contributed by atoms with Crippen molar-refractivity contribution in [2.45, 2.75) is 45.9 Å². The maximum absolute atomic E-state index is 12.9. The molecule has 0 saturated heterocycles. The van der Waals surface area contributed by atoms with Gasteiger partial charge in [0.05, 0.1) is 18.7 Å². The van der Waals surface area contributed by atoms with Crippen LogP contribution in [-0.2, 0) is 17.4 Å². The van der Waals surface area contributed by atoms with Crippen molar-refractivity contribution in [3.8, 4) is 16.9 Å². The maximum atomic E-state index is 12.9. The summed E-state index contributed by atoms with van der Waals surface area (Å²) in [5, 5.41) is 20.3. The second kappa shape index (κ2) is 12.8. The lowest BCUT2D eigenvalue weighted by molar-refractivity contribution is -0.146. The SMILES string of the molecule is Cc1cc(OCC(C)CCc2ccc(C(=O)NCC(O)C(=O)O)cc2)cc(C)c1-c1ccc(C(F)(F)F)cc1. The Morgan fingerprint density at radius 2 is 1.56 bits per heavy atom. The predicted molar refractivity (Wildman–Crippen MR) is 142 cm³/mol. The van der Waals surface area contributed by atoms with Crippen LogP contribution in [0, 0.1) is 19.8 Å². The number of aryl methyl sites for hydroxylation is 3. The molecule has 0 bridgehead atoms. The lowest BCUT2D eigenvalue weighted by Crippen LogP contribution is -2.36. The van der Waals surface area contributed by atoms with Crippen molar-refractivity contribution < 1.29 is 37.7 Å². The number of rotatable bonds is 11. The average Bonchev–Trinajstić information content (AvgIpc) is 2.88. The van der Waals surface area contributed by atoms with Gasteiger partial charge in [0.25, 0.3) is 5.91 Å². The molecule has 3 N–H and O–H groups in total. The van der Waals surface area contributed by atoms with Crippen molar-refractivity contribution in [2.24, 2.45) is 5.92 Å². The minimum Gasteiger partial charge on any atom is -0.493 e. The fourth-order valence-corrected chi connectivity index (χ4v) is 4.22. The lowest BCUT2D eigenvalue weighted by atomic mass is 9.94. The molecule has 2 atom stereocenters. The Hall–Kier alpha value is -3.85. The molecule has 0 aliphatic carbocycles. The quantitative estimate of drug-likeness (QED) is 0.284. The first-order valence-corrected chi connectivity index (χ1v) is 12.5. The lowest BCUT2D eigenvalue weighted by Gasteiger charge is -2.17. The maximum Gasteiger partial charge on any atom is 0.416 e. The molecule has 0 aromatic heterocycles. The molecule has 9 heteroatoms. The molecule has 3 aromatic rings. The van der Waals surface area contributed by atoms with Gasteiger partial charge in [-0.15, -0.1) is 0 Å². The zero-order valence-electron chi connectivity index (χ0n) is 22.0. The van der Waals surface area contributed by atoms with E-state index in [4.69, 9.17) is 9.84 Å². The molecule has 0 heterocycles. The van der Waals surface area contributed by atoms with Crippen molar-refractivity contribution in [3.63, 3.8) is 0 Å². The molecule has 0 spiro atoms. The summed E-state index contributed by atoms with van der Waals surface area (Å²) in [7, 11) is 0. The van der Waals surface area contributed by atoms with Crippen LogP contribution in [0.25, 0.3) is 11.1 Å². The van der Waals surface area contributed by atoms with E-state index in [0.717, 1.165) is 52.8 Å². The number of carbonyl (C=O) groups excluding carboxylic acids is 1. The van der Waals surface area contributed by atoms with E-state index in [-0.39, 0.29) is 12.5 Å². The zero-order chi connectivity index (χ0) is 28.7. The van der Waals surface area contributed by atoms with E-state index < -0.39 is 29.7 Å². The standard InChI is InChI=1S/C30H32F3NO5/c1-18(4-5-21-6-8-23(9-7-21)28(36)34-16-26(35)29(37)38)17-39-25-14-19(2)27(20(3)15-25)22-10-12-24(13-11-22)30(31,32)33/h6-15,18,26,35H,4-5,16-17H2,1-3H3,(H,34,36)(H,37,38). The fraction of sp³-hybridized carbons (Fsp3) is 0.333. The van der Waals surface area contributed by atoms with Gasteiger partial charge in [-0.25, -0.2) is 4.79 Å². The van der Waals surface area contributed by atoms with Gasteiger partial charge in [-0.05, 0) is 96.8 Å². The molecule has 0 aliphatic heterocycles. The Morgan fingerprint density at radius 1 is 0.974 bits per heavy atom. The van der Waals surface area contributed by atoms with Crippen LogP contribution in [0.5, 0.6) is 5.75 Å². The van der Waals surface area contributed by atoms with Crippen LogP contribution in [0.4, 0.5) is 13.2 Å². The molecule has 2 unspecified atom stereocenters. The van der Waals surface area contributed by atoms with E-state index >= 15 is 0 Å². The molecule has 6 nitrogen and oxygen atoms in total. The van der Waals surface area contributed by atoms with Crippen molar-refractivity contribution in [3.05, 3.63) is 88.5 Å². The summed E-state index contributed by atoms with van der Waals surface area (Å²) in [6.07, 6.45) is -4.40. The summed E-state index contributed by atoms with van der Waals surface area (Å²) in [6.45, 7) is 6.02. The van der Waals surface area contributed by atoms with Crippen LogP contribution in [0.2, 0.25) is 0 Å². The number of hydrogen-bond acceptors (Lipinski definition) is 4. The van der Waals surface area contributed by atoms with Gasteiger partial charge in [0.1, 0.15) is 5.75 Å². The summed E-state index contributed by atoms with van der Waals surface area (Å²) in [5.74, 6) is -0.917. The number of nitrogens with one attached hydrogen (secondary N) is 1. The Morgan fingerprint density at radius 3 is 2.10 bits per heavy atom. The molecule has 0 fully saturated rings. The van der Waals surface area contributed by atoms with Crippen molar-refractivity contribution in [2.75, 3.05) is 13.2 Å². The predicted octanol–water partition coefficient (Wildman–Crippen LogP) is 5.81. The van der Waals surface area contributed by atoms with Crippen LogP contribution < -0.4 is 10.1 Å². The number of hydrogen-bond donors (Lipinski definition) is 3. The van der Waals surface area contributed by atoms with E-state index in [9.17, 15) is 27.9 Å². The summed E-state index contributed by atoms with van der Waals surface area (Å²) in [4.78, 5) is 22.7. The average molecular weight is 544 g/mol. The second-order valence-electron chi connectivity index (χ2n) is 9.72. The van der Waals surface area contributed by atoms with Crippen LogP contribution in [0.1, 0.15) is 46.0 Å². The van der Waals surface area contributed by atoms with E-state index in [2.05, 4.69) is 12.2 Å². The van der Waals surface area contributed by atoms with Crippen molar-refractivity contribution >= 4 is 11.9 Å². The smallest absolute Gasteiger partial charge is 0.416 e. The number of carbonyl (C=O) groups is 2. The Labute approximate surface area is 225 Å². The highest BCUT2D eigenvalue weighted by molar-refractivity contribution is 5.94. The highest BCUT2D eigenvalue weighted by Crippen LogP contribution is 2.34. The Balaban J connectivity index is 1.51. The topological polar surface area (TPSA) is 95.9 Å². The molecule has 1 amide bonds. The van der Waals surface area contributed by atoms with Gasteiger partial charge in [-0.2, -0.15) is 13.2 Å². The number of carboxylic acid groups (broad SMARTS) is 1. The summed E-state index contributed by atoms with van der Waals surface area (Å²) < 4.78 is 44.7. The number of aliphatic carboxylic acids is 1. The number of halogens is 3. The van der Waals surface area contributed by atoms with E-state index in [1.54, 1.807) is 12.1 Å². The van der Waals surface area contributed by atoms with Crippen LogP contribution in [0.15, 0.2) is 60.7 Å². The first-order chi connectivity index (χ1) is 18.3. The molecule has 3 rings (SSSR count). The minimum absolute atomic E-state index is 0.237. The van der Waals surface area contributed by atoms with Crippen LogP contribution in [-0.4, -0.2) is 41.3 Å². The van der Waals surface area contributed by atoms with E-state index in [0.29, 0.717) is 17.9 Å². The molecule has 0 aliphatic rings. The van der Waals surface area contributed by atoms with Crippen molar-refractivity contribution in [1.82, 2.24) is 5.32 Å². The number of amides is 1. The second-order valence-corrected chi connectivity index (χ2v) is 9.72. The fourth-order valence-electron chi connectivity index (χ4n) is 4.22. The van der Waals surface area contributed by atoms with Gasteiger partial charge in [0.2, 0.25) is 0 Å². The summed E-state index contributed by atoms with van der Waals surface area (Å²) in [6, 6.07) is 15.9. The molecular weight excluding hydrogens is 511 g/mol. The Bertz CT molecular complexity index is 1260. The monoisotopic (exact) mass is 543 g/mol. The first-order valence-electron chi connectivity index (χ1n) is 12.5. The van der Waals surface area contributed by atoms with Gasteiger partial charge in [0.15, 0.2) is 6.10 Å².